The summed E-state index contributed by atoms with van der Waals surface area (Å²) in [4.78, 5) is 11.1. The minimum Gasteiger partial charge on any atom is -0.478 e. The number of hydrogen-bond donors (Lipinski definition) is 2. The van der Waals surface area contributed by atoms with Crippen LogP contribution in [0.15, 0.2) is 24.3 Å². The Hall–Kier alpha value is -1.51. The molecule has 3 heteroatoms. The number of carbonyl (C=O) groups is 1. The first-order valence-corrected chi connectivity index (χ1v) is 6.77. The molecule has 2 rings (SSSR count). The van der Waals surface area contributed by atoms with Crippen molar-refractivity contribution < 1.29 is 9.90 Å². The molecule has 1 atom stereocenters. The van der Waals surface area contributed by atoms with Crippen molar-refractivity contribution >= 4 is 11.7 Å². The van der Waals surface area contributed by atoms with Crippen molar-refractivity contribution in [3.8, 4) is 0 Å². The molecule has 0 heterocycles. The van der Waals surface area contributed by atoms with Crippen LogP contribution in [0.2, 0.25) is 0 Å². The summed E-state index contributed by atoms with van der Waals surface area (Å²) < 4.78 is 0. The number of aromatic carboxylic acids is 1. The molecule has 98 valence electrons. The highest BCUT2D eigenvalue weighted by atomic mass is 16.4. The summed E-state index contributed by atoms with van der Waals surface area (Å²) in [5.74, 6) is -0.199. The Bertz CT molecular complexity index is 411. The molecule has 0 saturated heterocycles. The lowest BCUT2D eigenvalue weighted by molar-refractivity contribution is 0.0698. The van der Waals surface area contributed by atoms with E-state index in [1.807, 2.05) is 12.1 Å². The van der Waals surface area contributed by atoms with E-state index in [2.05, 4.69) is 12.2 Å². The quantitative estimate of drug-likeness (QED) is 0.851. The van der Waals surface area contributed by atoms with Crippen LogP contribution in [0.4, 0.5) is 5.69 Å². The highest BCUT2D eigenvalue weighted by Crippen LogP contribution is 2.28. The van der Waals surface area contributed by atoms with E-state index in [1.165, 1.54) is 32.1 Å². The van der Waals surface area contributed by atoms with E-state index in [1.54, 1.807) is 12.1 Å². The van der Waals surface area contributed by atoms with E-state index >= 15 is 0 Å². The maximum atomic E-state index is 11.1. The van der Waals surface area contributed by atoms with Crippen LogP contribution >= 0.6 is 0 Å². The molecule has 1 saturated carbocycles. The topological polar surface area (TPSA) is 49.3 Å². The molecule has 0 bridgehead atoms. The third-order valence-corrected chi connectivity index (χ3v) is 3.90. The lowest BCUT2D eigenvalue weighted by Gasteiger charge is -2.29. The maximum Gasteiger partial charge on any atom is 0.337 e. The van der Waals surface area contributed by atoms with Gasteiger partial charge in [-0.05, 0) is 37.8 Å². The Labute approximate surface area is 108 Å². The zero-order valence-electron chi connectivity index (χ0n) is 10.9. The van der Waals surface area contributed by atoms with E-state index in [-0.39, 0.29) is 0 Å². The zero-order valence-corrected chi connectivity index (χ0v) is 10.9. The van der Waals surface area contributed by atoms with Crippen LogP contribution < -0.4 is 5.32 Å². The molecule has 0 aliphatic heterocycles. The van der Waals surface area contributed by atoms with E-state index in [0.717, 1.165) is 5.69 Å². The lowest BCUT2D eigenvalue weighted by Crippen LogP contribution is -2.28. The molecule has 2 N–H and O–H groups in total. The van der Waals surface area contributed by atoms with E-state index in [9.17, 15) is 4.79 Å². The van der Waals surface area contributed by atoms with Gasteiger partial charge in [0.15, 0.2) is 0 Å². The Kier molecular flexibility index (Phi) is 4.24. The van der Waals surface area contributed by atoms with Crippen molar-refractivity contribution in [3.05, 3.63) is 29.8 Å². The fourth-order valence-electron chi connectivity index (χ4n) is 2.79. The fourth-order valence-corrected chi connectivity index (χ4v) is 2.79. The predicted molar refractivity (Wildman–Crippen MR) is 73.1 cm³/mol. The second-order valence-electron chi connectivity index (χ2n) is 5.18. The molecular weight excluding hydrogens is 226 g/mol. The Morgan fingerprint density at radius 2 is 1.94 bits per heavy atom. The second kappa shape index (κ2) is 5.89. The number of benzene rings is 1. The summed E-state index contributed by atoms with van der Waals surface area (Å²) in [5.41, 5.74) is 1.10. The van der Waals surface area contributed by atoms with Crippen LogP contribution in [-0.4, -0.2) is 17.1 Å². The highest BCUT2D eigenvalue weighted by Gasteiger charge is 2.21. The summed E-state index contributed by atoms with van der Waals surface area (Å²) in [5, 5.41) is 12.5. The lowest BCUT2D eigenvalue weighted by atomic mass is 9.84. The molecule has 0 spiro atoms. The van der Waals surface area contributed by atoms with Crippen molar-refractivity contribution in [2.75, 3.05) is 5.32 Å². The normalized spacial score (nSPS) is 18.3. The SMILES string of the molecule is CC(Nc1ccccc1C(=O)O)C1CCCCC1. The smallest absolute Gasteiger partial charge is 0.337 e. The summed E-state index contributed by atoms with van der Waals surface area (Å²) >= 11 is 0. The average molecular weight is 247 g/mol. The fraction of sp³-hybridized carbons (Fsp3) is 0.533. The first-order valence-electron chi connectivity index (χ1n) is 6.77. The molecule has 3 nitrogen and oxygen atoms in total. The van der Waals surface area contributed by atoms with Gasteiger partial charge in [-0.2, -0.15) is 0 Å². The number of nitrogens with one attached hydrogen (secondary N) is 1. The maximum absolute atomic E-state index is 11.1. The number of hydrogen-bond acceptors (Lipinski definition) is 2. The van der Waals surface area contributed by atoms with Gasteiger partial charge in [-0.25, -0.2) is 4.79 Å². The molecule has 0 radical (unpaired) electrons. The van der Waals surface area contributed by atoms with E-state index < -0.39 is 5.97 Å². The van der Waals surface area contributed by atoms with Gasteiger partial charge in [-0.1, -0.05) is 31.4 Å². The average Bonchev–Trinajstić information content (AvgIpc) is 2.40. The van der Waals surface area contributed by atoms with Crippen molar-refractivity contribution in [2.24, 2.45) is 5.92 Å². The molecule has 18 heavy (non-hydrogen) atoms. The van der Waals surface area contributed by atoms with Gasteiger partial charge in [0.2, 0.25) is 0 Å². The van der Waals surface area contributed by atoms with Crippen LogP contribution in [0.25, 0.3) is 0 Å². The van der Waals surface area contributed by atoms with E-state index in [0.29, 0.717) is 17.5 Å². The van der Waals surface area contributed by atoms with E-state index in [4.69, 9.17) is 5.11 Å². The molecular formula is C15H21NO2. The van der Waals surface area contributed by atoms with Gasteiger partial charge in [0, 0.05) is 11.7 Å². The molecule has 1 unspecified atom stereocenters. The van der Waals surface area contributed by atoms with Crippen LogP contribution in [0.3, 0.4) is 0 Å². The van der Waals surface area contributed by atoms with Gasteiger partial charge >= 0.3 is 5.97 Å². The standard InChI is InChI=1S/C15H21NO2/c1-11(12-7-3-2-4-8-12)16-14-10-6-5-9-13(14)15(17)18/h5-6,9-12,16H,2-4,7-8H2,1H3,(H,17,18). The predicted octanol–water partition coefficient (Wildman–Crippen LogP) is 3.77. The summed E-state index contributed by atoms with van der Waals surface area (Å²) in [6.45, 7) is 2.16. The highest BCUT2D eigenvalue weighted by molar-refractivity contribution is 5.94. The number of anilines is 1. The second-order valence-corrected chi connectivity index (χ2v) is 5.18. The largest absolute Gasteiger partial charge is 0.478 e. The summed E-state index contributed by atoms with van der Waals surface area (Å²) in [6, 6.07) is 7.48. The number of carboxylic acids is 1. The van der Waals surface area contributed by atoms with Crippen LogP contribution in [0, 0.1) is 5.92 Å². The van der Waals surface area contributed by atoms with Crippen LogP contribution in [0.1, 0.15) is 49.4 Å². The molecule has 1 aromatic rings. The molecule has 1 aromatic carbocycles. The number of rotatable bonds is 4. The van der Waals surface area contributed by atoms with Gasteiger partial charge in [-0.15, -0.1) is 0 Å². The van der Waals surface area contributed by atoms with Crippen molar-refractivity contribution in [3.63, 3.8) is 0 Å². The minimum atomic E-state index is -0.867. The number of carboxylic acid groups (broad SMARTS) is 1. The summed E-state index contributed by atoms with van der Waals surface area (Å²) in [6.07, 6.45) is 6.45. The van der Waals surface area contributed by atoms with Crippen molar-refractivity contribution in [1.29, 1.82) is 0 Å². The third kappa shape index (κ3) is 3.03. The van der Waals surface area contributed by atoms with Gasteiger partial charge in [0.05, 0.1) is 5.56 Å². The van der Waals surface area contributed by atoms with Gasteiger partial charge in [0.25, 0.3) is 0 Å². The Morgan fingerprint density at radius 3 is 2.61 bits per heavy atom. The monoisotopic (exact) mass is 247 g/mol. The molecule has 0 aromatic heterocycles. The number of para-hydroxylation sites is 1. The first kappa shape index (κ1) is 12.9. The van der Waals surface area contributed by atoms with Crippen LogP contribution in [0.5, 0.6) is 0 Å². The Morgan fingerprint density at radius 1 is 1.28 bits per heavy atom. The summed E-state index contributed by atoms with van der Waals surface area (Å²) in [7, 11) is 0. The van der Waals surface area contributed by atoms with Crippen molar-refractivity contribution in [1.82, 2.24) is 0 Å². The third-order valence-electron chi connectivity index (χ3n) is 3.90. The van der Waals surface area contributed by atoms with Crippen molar-refractivity contribution in [2.45, 2.75) is 45.1 Å². The molecule has 0 amide bonds. The Balaban J connectivity index is 2.06. The van der Waals surface area contributed by atoms with Gasteiger partial charge in [0.1, 0.15) is 0 Å². The molecule has 1 fully saturated rings. The zero-order chi connectivity index (χ0) is 13.0. The minimum absolute atomic E-state index is 0.339. The van der Waals surface area contributed by atoms with Gasteiger partial charge < -0.3 is 10.4 Å². The molecule has 1 aliphatic rings. The van der Waals surface area contributed by atoms with Crippen LogP contribution in [-0.2, 0) is 0 Å². The molecule has 1 aliphatic carbocycles. The van der Waals surface area contributed by atoms with Gasteiger partial charge in [-0.3, -0.25) is 0 Å². The first-order chi connectivity index (χ1) is 8.68.